The fourth-order valence-electron chi connectivity index (χ4n) is 2.82. The topological polar surface area (TPSA) is 77.9 Å². The summed E-state index contributed by atoms with van der Waals surface area (Å²) in [5, 5.41) is 9.41. The largest absolute Gasteiger partial charge is 0.392 e. The second-order valence-corrected chi connectivity index (χ2v) is 8.18. The molecule has 128 valence electrons. The van der Waals surface area contributed by atoms with Crippen molar-refractivity contribution in [1.29, 1.82) is 0 Å². The van der Waals surface area contributed by atoms with Crippen molar-refractivity contribution in [3.63, 3.8) is 0 Å². The van der Waals surface area contributed by atoms with Crippen LogP contribution >= 0.6 is 0 Å². The van der Waals surface area contributed by atoms with Crippen LogP contribution in [0.3, 0.4) is 0 Å². The maximum absolute atomic E-state index is 12.6. The van der Waals surface area contributed by atoms with Gasteiger partial charge in [-0.3, -0.25) is 9.69 Å². The first kappa shape index (κ1) is 17.9. The summed E-state index contributed by atoms with van der Waals surface area (Å²) in [4.78, 5) is 16.6. The molecular formula is C16H24N2O4S. The minimum atomic E-state index is -3.35. The zero-order valence-corrected chi connectivity index (χ0v) is 14.6. The molecule has 1 unspecified atom stereocenters. The molecule has 0 aliphatic carbocycles. The van der Waals surface area contributed by atoms with Crippen molar-refractivity contribution in [2.24, 2.45) is 0 Å². The number of carbonyl (C=O) groups excluding carboxylic acids is 1. The molecule has 1 heterocycles. The number of nitrogens with zero attached hydrogens (tertiary/aromatic N) is 2. The number of hydrogen-bond acceptors (Lipinski definition) is 5. The number of amides is 1. The van der Waals surface area contributed by atoms with Gasteiger partial charge < -0.3 is 10.0 Å². The Kier molecular flexibility index (Phi) is 5.44. The number of sulfone groups is 1. The molecule has 1 aliphatic rings. The van der Waals surface area contributed by atoms with Crippen molar-refractivity contribution >= 4 is 15.7 Å². The molecule has 0 aromatic heterocycles. The van der Waals surface area contributed by atoms with Gasteiger partial charge in [-0.25, -0.2) is 8.42 Å². The Morgan fingerprint density at radius 2 is 1.87 bits per heavy atom. The molecule has 0 saturated carbocycles. The maximum Gasteiger partial charge on any atom is 0.253 e. The Morgan fingerprint density at radius 1 is 1.26 bits per heavy atom. The van der Waals surface area contributed by atoms with Crippen LogP contribution in [-0.2, 0) is 9.84 Å². The molecule has 1 aromatic rings. The molecule has 1 fully saturated rings. The lowest BCUT2D eigenvalue weighted by molar-refractivity contribution is 0.0554. The van der Waals surface area contributed by atoms with Crippen molar-refractivity contribution in [3.8, 4) is 0 Å². The molecule has 1 atom stereocenters. The average molecular weight is 340 g/mol. The Hall–Kier alpha value is -1.44. The Morgan fingerprint density at radius 3 is 2.39 bits per heavy atom. The smallest absolute Gasteiger partial charge is 0.253 e. The Bertz CT molecular complexity index is 677. The number of aliphatic hydroxyl groups excluding tert-OH is 1. The van der Waals surface area contributed by atoms with E-state index >= 15 is 0 Å². The van der Waals surface area contributed by atoms with E-state index in [4.69, 9.17) is 0 Å². The van der Waals surface area contributed by atoms with Crippen molar-refractivity contribution < 1.29 is 18.3 Å². The first-order valence-electron chi connectivity index (χ1n) is 7.69. The van der Waals surface area contributed by atoms with E-state index in [0.717, 1.165) is 6.26 Å². The van der Waals surface area contributed by atoms with Crippen molar-refractivity contribution in [1.82, 2.24) is 9.80 Å². The molecule has 0 spiro atoms. The summed E-state index contributed by atoms with van der Waals surface area (Å²) in [5.41, 5.74) is 1.05. The van der Waals surface area contributed by atoms with E-state index in [1.54, 1.807) is 30.9 Å². The molecule has 0 radical (unpaired) electrons. The van der Waals surface area contributed by atoms with Gasteiger partial charge in [0.05, 0.1) is 11.0 Å². The van der Waals surface area contributed by atoms with E-state index in [2.05, 4.69) is 4.90 Å². The number of piperazine rings is 1. The predicted molar refractivity (Wildman–Crippen MR) is 88.3 cm³/mol. The predicted octanol–water partition coefficient (Wildman–Crippen LogP) is 0.537. The monoisotopic (exact) mass is 340 g/mol. The lowest BCUT2D eigenvalue weighted by atomic mass is 10.1. The van der Waals surface area contributed by atoms with Crippen LogP contribution in [0.15, 0.2) is 23.1 Å². The minimum Gasteiger partial charge on any atom is -0.392 e. The first-order valence-corrected chi connectivity index (χ1v) is 9.58. The van der Waals surface area contributed by atoms with Crippen molar-refractivity contribution in [3.05, 3.63) is 29.3 Å². The highest BCUT2D eigenvalue weighted by atomic mass is 32.2. The average Bonchev–Trinajstić information content (AvgIpc) is 2.46. The molecular weight excluding hydrogens is 316 g/mol. The Balaban J connectivity index is 2.10. The van der Waals surface area contributed by atoms with Gasteiger partial charge in [0.15, 0.2) is 9.84 Å². The van der Waals surface area contributed by atoms with Gasteiger partial charge in [-0.2, -0.15) is 0 Å². The third-order valence-corrected chi connectivity index (χ3v) is 5.26. The van der Waals surface area contributed by atoms with Crippen LogP contribution in [0.5, 0.6) is 0 Å². The number of aryl methyl sites for hydroxylation is 1. The molecule has 1 N–H and O–H groups in total. The van der Waals surface area contributed by atoms with Crippen LogP contribution < -0.4 is 0 Å². The second-order valence-electron chi connectivity index (χ2n) is 6.19. The fraction of sp³-hybridized carbons (Fsp3) is 0.562. The zero-order valence-electron chi connectivity index (χ0n) is 13.8. The highest BCUT2D eigenvalue weighted by Crippen LogP contribution is 2.18. The van der Waals surface area contributed by atoms with E-state index in [0.29, 0.717) is 43.9 Å². The normalized spacial score (nSPS) is 18.0. The van der Waals surface area contributed by atoms with Crippen molar-refractivity contribution in [2.75, 3.05) is 39.0 Å². The number of benzene rings is 1. The van der Waals surface area contributed by atoms with E-state index in [1.165, 1.54) is 6.07 Å². The molecule has 6 nitrogen and oxygen atoms in total. The van der Waals surface area contributed by atoms with Gasteiger partial charge in [0, 0.05) is 44.5 Å². The van der Waals surface area contributed by atoms with Gasteiger partial charge in [0.2, 0.25) is 0 Å². The van der Waals surface area contributed by atoms with Gasteiger partial charge in [-0.1, -0.05) is 6.07 Å². The molecule has 1 aliphatic heterocycles. The fourth-order valence-corrected chi connectivity index (χ4v) is 3.82. The number of rotatable bonds is 4. The molecule has 2 rings (SSSR count). The van der Waals surface area contributed by atoms with E-state index in [1.807, 2.05) is 0 Å². The second kappa shape index (κ2) is 6.98. The summed E-state index contributed by atoms with van der Waals surface area (Å²) in [6.45, 7) is 6.64. The van der Waals surface area contributed by atoms with Gasteiger partial charge >= 0.3 is 0 Å². The molecule has 1 amide bonds. The minimum absolute atomic E-state index is 0.147. The quantitative estimate of drug-likeness (QED) is 0.865. The van der Waals surface area contributed by atoms with Crippen LogP contribution in [0, 0.1) is 6.92 Å². The van der Waals surface area contributed by atoms with Crippen LogP contribution in [0.4, 0.5) is 0 Å². The molecule has 1 aromatic carbocycles. The van der Waals surface area contributed by atoms with Gasteiger partial charge in [-0.15, -0.1) is 0 Å². The lowest BCUT2D eigenvalue weighted by Crippen LogP contribution is -2.50. The summed E-state index contributed by atoms with van der Waals surface area (Å²) in [6, 6.07) is 4.82. The number of carbonyl (C=O) groups is 1. The highest BCUT2D eigenvalue weighted by Gasteiger charge is 2.24. The van der Waals surface area contributed by atoms with Crippen LogP contribution in [0.1, 0.15) is 22.8 Å². The molecule has 7 heteroatoms. The van der Waals surface area contributed by atoms with Crippen LogP contribution in [-0.4, -0.2) is 74.3 Å². The Labute approximate surface area is 137 Å². The first-order chi connectivity index (χ1) is 10.7. The van der Waals surface area contributed by atoms with E-state index < -0.39 is 9.84 Å². The number of β-amino-alcohol motifs (C(OH)–C–C–N with tert-alkyl or cyclic N) is 1. The van der Waals surface area contributed by atoms with Gasteiger partial charge in [0.25, 0.3) is 5.91 Å². The summed E-state index contributed by atoms with van der Waals surface area (Å²) in [7, 11) is -3.35. The summed E-state index contributed by atoms with van der Waals surface area (Å²) < 4.78 is 23.6. The summed E-state index contributed by atoms with van der Waals surface area (Å²) in [6.07, 6.45) is 0.768. The van der Waals surface area contributed by atoms with Crippen LogP contribution in [0.25, 0.3) is 0 Å². The zero-order chi connectivity index (χ0) is 17.2. The molecule has 1 saturated heterocycles. The lowest BCUT2D eigenvalue weighted by Gasteiger charge is -2.35. The molecule has 23 heavy (non-hydrogen) atoms. The highest BCUT2D eigenvalue weighted by molar-refractivity contribution is 7.90. The van der Waals surface area contributed by atoms with E-state index in [9.17, 15) is 18.3 Å². The van der Waals surface area contributed by atoms with Crippen LogP contribution in [0.2, 0.25) is 0 Å². The summed E-state index contributed by atoms with van der Waals surface area (Å²) >= 11 is 0. The van der Waals surface area contributed by atoms with E-state index in [-0.39, 0.29) is 16.9 Å². The SMILES string of the molecule is Cc1ccc(C(=O)N2CCN(CC(C)O)CC2)cc1S(C)(=O)=O. The third kappa shape index (κ3) is 4.53. The van der Waals surface area contributed by atoms with Gasteiger partial charge in [-0.05, 0) is 31.5 Å². The van der Waals surface area contributed by atoms with Crippen molar-refractivity contribution in [2.45, 2.75) is 24.8 Å². The maximum atomic E-state index is 12.6. The standard InChI is InChI=1S/C16H24N2O4S/c1-12-4-5-14(10-15(12)23(3,21)22)16(20)18-8-6-17(7-9-18)11-13(2)19/h4-5,10,13,19H,6-9,11H2,1-3H3. The number of hydrogen-bond donors (Lipinski definition) is 1. The third-order valence-electron chi connectivity index (χ3n) is 4.02. The van der Waals surface area contributed by atoms with Gasteiger partial charge in [0.1, 0.15) is 0 Å². The summed E-state index contributed by atoms with van der Waals surface area (Å²) in [5.74, 6) is -0.147. The molecule has 0 bridgehead atoms. The number of aliphatic hydroxyl groups is 1.